The van der Waals surface area contributed by atoms with Gasteiger partial charge in [-0.3, -0.25) is 9.48 Å². The van der Waals surface area contributed by atoms with E-state index in [0.717, 1.165) is 44.7 Å². The number of hydrogen-bond acceptors (Lipinski definition) is 3. The number of benzene rings is 1. The number of aryl methyl sites for hydroxylation is 3. The van der Waals surface area contributed by atoms with Gasteiger partial charge in [-0.05, 0) is 50.1 Å². The number of fused-ring (bicyclic) bond motifs is 1. The number of nitrogens with zero attached hydrogens (tertiary/aromatic N) is 3. The average Bonchev–Trinajstić information content (AvgIpc) is 2.72. The van der Waals surface area contributed by atoms with Crippen molar-refractivity contribution >= 4 is 16.8 Å². The zero-order valence-corrected chi connectivity index (χ0v) is 13.8. The van der Waals surface area contributed by atoms with E-state index in [9.17, 15) is 4.79 Å². The highest BCUT2D eigenvalue weighted by Crippen LogP contribution is 2.29. The molecule has 5 nitrogen and oxygen atoms in total. The maximum Gasteiger partial charge on any atom is 0.221 e. The molecule has 0 aliphatic heterocycles. The Hall–Kier alpha value is -2.69. The van der Waals surface area contributed by atoms with Crippen LogP contribution in [0.4, 0.5) is 0 Å². The van der Waals surface area contributed by atoms with Crippen molar-refractivity contribution in [3.8, 4) is 11.3 Å². The molecule has 0 aliphatic carbocycles. The molecule has 0 saturated carbocycles. The molecule has 2 heterocycles. The van der Waals surface area contributed by atoms with E-state index >= 15 is 0 Å². The second-order valence-corrected chi connectivity index (χ2v) is 5.99. The number of carbonyl (C=O) groups is 1. The van der Waals surface area contributed by atoms with Crippen molar-refractivity contribution < 1.29 is 4.79 Å². The van der Waals surface area contributed by atoms with Crippen LogP contribution < -0.4 is 5.73 Å². The predicted molar refractivity (Wildman–Crippen MR) is 91.1 cm³/mol. The Balaban J connectivity index is 2.17. The Morgan fingerprint density at radius 1 is 1.22 bits per heavy atom. The zero-order valence-electron chi connectivity index (χ0n) is 13.8. The summed E-state index contributed by atoms with van der Waals surface area (Å²) in [6.07, 6.45) is 0.248. The Kier molecular flexibility index (Phi) is 3.64. The minimum Gasteiger partial charge on any atom is -0.369 e. The lowest BCUT2D eigenvalue weighted by Gasteiger charge is -2.09. The van der Waals surface area contributed by atoms with E-state index in [2.05, 4.69) is 18.1 Å². The largest absolute Gasteiger partial charge is 0.369 e. The Morgan fingerprint density at radius 2 is 1.96 bits per heavy atom. The second-order valence-electron chi connectivity index (χ2n) is 5.99. The molecule has 0 fully saturated rings. The molecule has 0 saturated heterocycles. The van der Waals surface area contributed by atoms with Gasteiger partial charge >= 0.3 is 0 Å². The molecule has 1 amide bonds. The van der Waals surface area contributed by atoms with E-state index in [0.29, 0.717) is 0 Å². The fourth-order valence-electron chi connectivity index (χ4n) is 3.02. The van der Waals surface area contributed by atoms with Gasteiger partial charge in [0.05, 0.1) is 23.3 Å². The zero-order chi connectivity index (χ0) is 16.7. The fraction of sp³-hybridized carbons (Fsp3) is 0.278. The van der Waals surface area contributed by atoms with Gasteiger partial charge in [0.25, 0.3) is 0 Å². The highest BCUT2D eigenvalue weighted by atomic mass is 16.1. The second kappa shape index (κ2) is 5.50. The minimum atomic E-state index is -0.326. The highest BCUT2D eigenvalue weighted by Gasteiger charge is 2.14. The third-order valence-electron chi connectivity index (χ3n) is 4.22. The monoisotopic (exact) mass is 308 g/mol. The van der Waals surface area contributed by atoms with Gasteiger partial charge < -0.3 is 5.73 Å². The van der Waals surface area contributed by atoms with E-state index < -0.39 is 0 Å². The first kappa shape index (κ1) is 15.2. The Morgan fingerprint density at radius 3 is 2.57 bits per heavy atom. The average molecular weight is 308 g/mol. The van der Waals surface area contributed by atoms with Gasteiger partial charge in [-0.2, -0.15) is 5.10 Å². The van der Waals surface area contributed by atoms with Crippen LogP contribution in [0.1, 0.15) is 22.5 Å². The molecule has 118 valence electrons. The third-order valence-corrected chi connectivity index (χ3v) is 4.22. The molecule has 0 aliphatic rings. The number of pyridine rings is 1. The first-order valence-corrected chi connectivity index (χ1v) is 7.56. The number of hydrogen-bond donors (Lipinski definition) is 1. The van der Waals surface area contributed by atoms with E-state index in [1.807, 2.05) is 43.8 Å². The van der Waals surface area contributed by atoms with Crippen molar-refractivity contribution in [3.05, 3.63) is 46.8 Å². The van der Waals surface area contributed by atoms with Crippen LogP contribution in [0.3, 0.4) is 0 Å². The topological polar surface area (TPSA) is 73.8 Å². The Bertz CT molecular complexity index is 924. The first-order chi connectivity index (χ1) is 10.9. The van der Waals surface area contributed by atoms with Crippen LogP contribution in [0.5, 0.6) is 0 Å². The molecular formula is C18H20N4O. The predicted octanol–water partition coefficient (Wildman–Crippen LogP) is 2.59. The van der Waals surface area contributed by atoms with Crippen LogP contribution in [0.2, 0.25) is 0 Å². The minimum absolute atomic E-state index is 0.248. The molecule has 2 N–H and O–H groups in total. The lowest BCUT2D eigenvalue weighted by atomic mass is 10.0. The summed E-state index contributed by atoms with van der Waals surface area (Å²) in [5.74, 6) is -0.326. The number of carbonyl (C=O) groups excluding carboxylic acids is 1. The van der Waals surface area contributed by atoms with E-state index in [4.69, 9.17) is 10.7 Å². The summed E-state index contributed by atoms with van der Waals surface area (Å²) in [4.78, 5) is 15.9. The summed E-state index contributed by atoms with van der Waals surface area (Å²) in [7, 11) is 1.94. The van der Waals surface area contributed by atoms with Crippen molar-refractivity contribution in [3.63, 3.8) is 0 Å². The molecule has 0 atom stereocenters. The SMILES string of the molecule is Cc1nn(C)c(C)c1-c1cc(C)c2cc(CC(N)=O)ccc2n1. The quantitative estimate of drug-likeness (QED) is 0.808. The standard InChI is InChI=1S/C18H20N4O/c1-10-7-16(18-11(2)21-22(4)12(18)3)20-15-6-5-13(8-14(10)15)9-17(19)23/h5-8H,9H2,1-4H3,(H2,19,23). The third kappa shape index (κ3) is 2.70. The van der Waals surface area contributed by atoms with Crippen LogP contribution in [0.25, 0.3) is 22.2 Å². The number of aromatic nitrogens is 3. The van der Waals surface area contributed by atoms with E-state index in [1.54, 1.807) is 0 Å². The van der Waals surface area contributed by atoms with Crippen molar-refractivity contribution in [1.82, 2.24) is 14.8 Å². The lowest BCUT2D eigenvalue weighted by molar-refractivity contribution is -0.117. The molecule has 5 heteroatoms. The van der Waals surface area contributed by atoms with Gasteiger partial charge in [0, 0.05) is 23.7 Å². The van der Waals surface area contributed by atoms with Gasteiger partial charge in [0.2, 0.25) is 5.91 Å². The number of amides is 1. The van der Waals surface area contributed by atoms with Crippen LogP contribution in [-0.4, -0.2) is 20.7 Å². The van der Waals surface area contributed by atoms with Crippen LogP contribution in [0.15, 0.2) is 24.3 Å². The molecule has 23 heavy (non-hydrogen) atoms. The van der Waals surface area contributed by atoms with Crippen molar-refractivity contribution in [1.29, 1.82) is 0 Å². The van der Waals surface area contributed by atoms with Crippen molar-refractivity contribution in [2.75, 3.05) is 0 Å². The molecule has 3 aromatic rings. The summed E-state index contributed by atoms with van der Waals surface area (Å²) in [6, 6.07) is 7.93. The number of primary amides is 1. The molecule has 3 rings (SSSR count). The molecule has 2 aromatic heterocycles. The maximum atomic E-state index is 11.1. The molecule has 0 radical (unpaired) electrons. The normalized spacial score (nSPS) is 11.1. The van der Waals surface area contributed by atoms with Gasteiger partial charge in [-0.15, -0.1) is 0 Å². The maximum absolute atomic E-state index is 11.1. The fourth-order valence-corrected chi connectivity index (χ4v) is 3.02. The summed E-state index contributed by atoms with van der Waals surface area (Å²) >= 11 is 0. The van der Waals surface area contributed by atoms with Crippen LogP contribution in [0, 0.1) is 20.8 Å². The summed E-state index contributed by atoms with van der Waals surface area (Å²) in [5.41, 5.74) is 12.3. The molecule has 0 spiro atoms. The van der Waals surface area contributed by atoms with E-state index in [1.165, 1.54) is 0 Å². The summed E-state index contributed by atoms with van der Waals surface area (Å²) < 4.78 is 1.88. The van der Waals surface area contributed by atoms with Crippen molar-refractivity contribution in [2.45, 2.75) is 27.2 Å². The number of nitrogens with two attached hydrogens (primary N) is 1. The van der Waals surface area contributed by atoms with Gasteiger partial charge in [0.15, 0.2) is 0 Å². The molecule has 0 unspecified atom stereocenters. The molecule has 1 aromatic carbocycles. The lowest BCUT2D eigenvalue weighted by Crippen LogP contribution is -2.13. The van der Waals surface area contributed by atoms with Crippen molar-refractivity contribution in [2.24, 2.45) is 12.8 Å². The summed E-state index contributed by atoms with van der Waals surface area (Å²) in [5, 5.41) is 5.52. The smallest absolute Gasteiger partial charge is 0.221 e. The van der Waals surface area contributed by atoms with Gasteiger partial charge in [0.1, 0.15) is 0 Å². The summed E-state index contributed by atoms with van der Waals surface area (Å²) in [6.45, 7) is 6.11. The molecule has 0 bridgehead atoms. The number of rotatable bonds is 3. The van der Waals surface area contributed by atoms with Crippen LogP contribution >= 0.6 is 0 Å². The van der Waals surface area contributed by atoms with Gasteiger partial charge in [-0.1, -0.05) is 6.07 Å². The van der Waals surface area contributed by atoms with Gasteiger partial charge in [-0.25, -0.2) is 4.98 Å². The first-order valence-electron chi connectivity index (χ1n) is 7.56. The Labute approximate surface area is 135 Å². The highest BCUT2D eigenvalue weighted by molar-refractivity contribution is 5.87. The van der Waals surface area contributed by atoms with Crippen LogP contribution in [-0.2, 0) is 18.3 Å². The molecular weight excluding hydrogens is 288 g/mol. The van der Waals surface area contributed by atoms with E-state index in [-0.39, 0.29) is 12.3 Å².